The van der Waals surface area contributed by atoms with Crippen molar-refractivity contribution in [2.24, 2.45) is 5.41 Å². The average molecular weight is 366 g/mol. The number of hydrogen-bond donors (Lipinski definition) is 1. The van der Waals surface area contributed by atoms with Gasteiger partial charge in [-0.3, -0.25) is 4.90 Å². The summed E-state index contributed by atoms with van der Waals surface area (Å²) in [6.07, 6.45) is 2.26. The van der Waals surface area contributed by atoms with Gasteiger partial charge in [0.2, 0.25) is 0 Å². The summed E-state index contributed by atoms with van der Waals surface area (Å²) in [6, 6.07) is 16.5. The fourth-order valence-corrected chi connectivity index (χ4v) is 5.35. The maximum absolute atomic E-state index is 10.0. The first-order valence-corrected chi connectivity index (χ1v) is 10.1. The highest BCUT2D eigenvalue weighted by Crippen LogP contribution is 2.56. The van der Waals surface area contributed by atoms with Crippen LogP contribution >= 0.6 is 0 Å². The Bertz CT molecular complexity index is 816. The van der Waals surface area contributed by atoms with Gasteiger partial charge in [-0.05, 0) is 67.1 Å². The first-order valence-electron chi connectivity index (χ1n) is 10.1. The number of phenolic OH excluding ortho intramolecular Hbond substituents is 1. The number of para-hydroxylation sites is 1. The van der Waals surface area contributed by atoms with Crippen LogP contribution in [0.3, 0.4) is 0 Å². The second-order valence-electron chi connectivity index (χ2n) is 9.10. The average Bonchev–Trinajstić information content (AvgIpc) is 2.61. The van der Waals surface area contributed by atoms with E-state index < -0.39 is 0 Å². The Hall–Kier alpha value is -2.00. The number of aromatic hydroxyl groups is 1. The number of rotatable bonds is 4. The van der Waals surface area contributed by atoms with Crippen molar-refractivity contribution < 1.29 is 9.84 Å². The quantitative estimate of drug-likeness (QED) is 0.847. The fraction of sp³-hybridized carbons (Fsp3) is 0.500. The highest BCUT2D eigenvalue weighted by molar-refractivity contribution is 5.45. The molecule has 1 fully saturated rings. The minimum Gasteiger partial charge on any atom is -0.508 e. The number of fused-ring (bicyclic) bond motifs is 4. The lowest BCUT2D eigenvalue weighted by atomic mass is 9.51. The van der Waals surface area contributed by atoms with E-state index in [2.05, 4.69) is 38.7 Å². The van der Waals surface area contributed by atoms with Gasteiger partial charge in [-0.1, -0.05) is 45.0 Å². The van der Waals surface area contributed by atoms with E-state index in [0.717, 1.165) is 31.7 Å². The van der Waals surface area contributed by atoms with Gasteiger partial charge in [-0.2, -0.15) is 0 Å². The van der Waals surface area contributed by atoms with Crippen LogP contribution in [0.25, 0.3) is 0 Å². The molecule has 1 aliphatic heterocycles. The van der Waals surface area contributed by atoms with Crippen molar-refractivity contribution in [1.29, 1.82) is 0 Å². The molecule has 2 aromatic carbocycles. The third-order valence-electron chi connectivity index (χ3n) is 7.26. The number of piperidine rings is 1. The molecule has 2 aromatic rings. The SMILES string of the molecule is C[C@H](CN1CC[C@]2(C)c3ccc(O)cc3C[C@H]1C2(C)C)Oc1ccccc1. The molecule has 0 unspecified atom stereocenters. The summed E-state index contributed by atoms with van der Waals surface area (Å²) in [4.78, 5) is 2.61. The van der Waals surface area contributed by atoms with Gasteiger partial charge in [0.25, 0.3) is 0 Å². The molecule has 3 atom stereocenters. The number of likely N-dealkylation sites (tertiary alicyclic amines) is 1. The summed E-state index contributed by atoms with van der Waals surface area (Å²) in [5, 5.41) is 10.0. The van der Waals surface area contributed by atoms with Gasteiger partial charge in [0.1, 0.15) is 17.6 Å². The van der Waals surface area contributed by atoms with Crippen molar-refractivity contribution in [3.05, 3.63) is 59.7 Å². The molecule has 0 saturated carbocycles. The van der Waals surface area contributed by atoms with E-state index in [1.54, 1.807) is 0 Å². The summed E-state index contributed by atoms with van der Waals surface area (Å²) < 4.78 is 6.15. The van der Waals surface area contributed by atoms with Gasteiger partial charge in [-0.15, -0.1) is 0 Å². The Morgan fingerprint density at radius 1 is 1.15 bits per heavy atom. The summed E-state index contributed by atoms with van der Waals surface area (Å²) >= 11 is 0. The minimum atomic E-state index is 0.137. The molecular formula is C24H31NO2. The molecule has 0 amide bonds. The Morgan fingerprint density at radius 2 is 1.89 bits per heavy atom. The molecule has 1 aliphatic carbocycles. The number of hydrogen-bond acceptors (Lipinski definition) is 3. The van der Waals surface area contributed by atoms with Crippen LogP contribution in [0.4, 0.5) is 0 Å². The maximum atomic E-state index is 10.0. The van der Waals surface area contributed by atoms with Crippen molar-refractivity contribution in [3.63, 3.8) is 0 Å². The topological polar surface area (TPSA) is 32.7 Å². The Kier molecular flexibility index (Phi) is 4.46. The van der Waals surface area contributed by atoms with E-state index in [1.165, 1.54) is 11.1 Å². The predicted molar refractivity (Wildman–Crippen MR) is 109 cm³/mol. The fourth-order valence-electron chi connectivity index (χ4n) is 5.35. The first-order chi connectivity index (χ1) is 12.8. The molecule has 3 heteroatoms. The van der Waals surface area contributed by atoms with E-state index in [9.17, 15) is 5.11 Å². The molecule has 27 heavy (non-hydrogen) atoms. The van der Waals surface area contributed by atoms with Crippen LogP contribution in [0, 0.1) is 5.41 Å². The molecule has 3 nitrogen and oxygen atoms in total. The second kappa shape index (κ2) is 6.56. The van der Waals surface area contributed by atoms with Crippen molar-refractivity contribution >= 4 is 0 Å². The van der Waals surface area contributed by atoms with E-state index in [0.29, 0.717) is 11.8 Å². The van der Waals surface area contributed by atoms with Crippen LogP contribution < -0.4 is 4.74 Å². The van der Waals surface area contributed by atoms with Gasteiger partial charge >= 0.3 is 0 Å². The lowest BCUT2D eigenvalue weighted by Crippen LogP contribution is -2.64. The predicted octanol–water partition coefficient (Wildman–Crippen LogP) is 4.77. The summed E-state index contributed by atoms with van der Waals surface area (Å²) in [5.41, 5.74) is 3.04. The minimum absolute atomic E-state index is 0.137. The van der Waals surface area contributed by atoms with Crippen LogP contribution in [-0.2, 0) is 11.8 Å². The standard InChI is InChI=1S/C24H31NO2/c1-17(27-20-8-6-5-7-9-20)16-25-13-12-24(4)21-11-10-19(26)14-18(21)15-22(25)23(24,2)3/h5-11,14,17,22,26H,12-13,15-16H2,1-4H3/t17-,22+,24-/m1/s1. The Morgan fingerprint density at radius 3 is 2.63 bits per heavy atom. The molecule has 2 aliphatic rings. The number of benzene rings is 2. The second-order valence-corrected chi connectivity index (χ2v) is 9.10. The van der Waals surface area contributed by atoms with Crippen LogP contribution in [0.2, 0.25) is 0 Å². The van der Waals surface area contributed by atoms with Crippen molar-refractivity contribution in [3.8, 4) is 11.5 Å². The first kappa shape index (κ1) is 18.4. The number of phenols is 1. The third-order valence-corrected chi connectivity index (χ3v) is 7.26. The summed E-state index contributed by atoms with van der Waals surface area (Å²) in [6.45, 7) is 11.4. The van der Waals surface area contributed by atoms with Crippen LogP contribution in [-0.4, -0.2) is 35.2 Å². The van der Waals surface area contributed by atoms with Gasteiger partial charge in [0.05, 0.1) is 0 Å². The molecule has 0 aromatic heterocycles. The maximum Gasteiger partial charge on any atom is 0.119 e. The van der Waals surface area contributed by atoms with E-state index in [4.69, 9.17) is 4.74 Å². The molecule has 1 saturated heterocycles. The van der Waals surface area contributed by atoms with Gasteiger partial charge in [-0.25, -0.2) is 0 Å². The monoisotopic (exact) mass is 365 g/mol. The lowest BCUT2D eigenvalue weighted by Gasteiger charge is -2.61. The molecule has 0 spiro atoms. The molecule has 1 heterocycles. The molecule has 144 valence electrons. The van der Waals surface area contributed by atoms with Gasteiger partial charge in [0.15, 0.2) is 0 Å². The van der Waals surface area contributed by atoms with Gasteiger partial charge in [0, 0.05) is 18.0 Å². The Labute approximate surface area is 163 Å². The third kappa shape index (κ3) is 3.02. The van der Waals surface area contributed by atoms with Gasteiger partial charge < -0.3 is 9.84 Å². The molecular weight excluding hydrogens is 334 g/mol. The summed E-state index contributed by atoms with van der Waals surface area (Å²) in [7, 11) is 0. The van der Waals surface area contributed by atoms with Crippen LogP contribution in [0.15, 0.2) is 48.5 Å². The van der Waals surface area contributed by atoms with Crippen molar-refractivity contribution in [2.75, 3.05) is 13.1 Å². The van der Waals surface area contributed by atoms with E-state index in [-0.39, 0.29) is 16.9 Å². The summed E-state index contributed by atoms with van der Waals surface area (Å²) in [5.74, 6) is 1.31. The lowest BCUT2D eigenvalue weighted by molar-refractivity contribution is -0.0496. The number of nitrogens with zero attached hydrogens (tertiary/aromatic N) is 1. The van der Waals surface area contributed by atoms with E-state index in [1.807, 2.05) is 42.5 Å². The largest absolute Gasteiger partial charge is 0.508 e. The highest BCUT2D eigenvalue weighted by Gasteiger charge is 2.55. The zero-order valence-corrected chi connectivity index (χ0v) is 16.9. The zero-order chi connectivity index (χ0) is 19.2. The smallest absolute Gasteiger partial charge is 0.119 e. The van der Waals surface area contributed by atoms with Crippen molar-refractivity contribution in [2.45, 2.75) is 58.1 Å². The molecule has 1 N–H and O–H groups in total. The van der Waals surface area contributed by atoms with Crippen LogP contribution in [0.5, 0.6) is 11.5 Å². The van der Waals surface area contributed by atoms with Crippen molar-refractivity contribution in [1.82, 2.24) is 4.90 Å². The normalized spacial score (nSPS) is 27.6. The highest BCUT2D eigenvalue weighted by atomic mass is 16.5. The Balaban J connectivity index is 1.58. The molecule has 4 rings (SSSR count). The van der Waals surface area contributed by atoms with Crippen LogP contribution in [0.1, 0.15) is 45.2 Å². The molecule has 2 bridgehead atoms. The number of ether oxygens (including phenoxy) is 1. The zero-order valence-electron chi connectivity index (χ0n) is 16.9. The van der Waals surface area contributed by atoms with E-state index >= 15 is 0 Å². The molecule has 0 radical (unpaired) electrons.